The van der Waals surface area contributed by atoms with E-state index in [-0.39, 0.29) is 17.8 Å². The molecule has 1 fully saturated rings. The quantitative estimate of drug-likeness (QED) is 0.510. The molecule has 1 saturated heterocycles. The first-order valence-electron chi connectivity index (χ1n) is 9.53. The standard InChI is InChI=1S/C22H21ClF2N2O2/c1-22(2,12-23)21(28)27-9-3-4-18(27)20-26-17-11-14(6-8-19(17)29-20)13-5-7-15(24)16(25)10-13/h5-8,10-11,18H,3-4,9,12H2,1-2H3. The van der Waals surface area contributed by atoms with Gasteiger partial charge in [0.05, 0.1) is 5.41 Å². The van der Waals surface area contributed by atoms with Gasteiger partial charge in [-0.2, -0.15) is 0 Å². The number of likely N-dealkylation sites (tertiary alicyclic amines) is 1. The van der Waals surface area contributed by atoms with Crippen LogP contribution in [-0.4, -0.2) is 28.2 Å². The van der Waals surface area contributed by atoms with Crippen LogP contribution in [-0.2, 0) is 4.79 Å². The molecule has 0 bridgehead atoms. The largest absolute Gasteiger partial charge is 0.438 e. The van der Waals surface area contributed by atoms with Crippen LogP contribution in [0.25, 0.3) is 22.2 Å². The van der Waals surface area contributed by atoms with E-state index in [4.69, 9.17) is 16.0 Å². The van der Waals surface area contributed by atoms with Gasteiger partial charge in [-0.25, -0.2) is 13.8 Å². The molecule has 1 aliphatic rings. The molecule has 1 amide bonds. The normalized spacial score (nSPS) is 17.3. The third-order valence-corrected chi connectivity index (χ3v) is 6.04. The van der Waals surface area contributed by atoms with Gasteiger partial charge in [0, 0.05) is 12.4 Å². The molecule has 0 spiro atoms. The van der Waals surface area contributed by atoms with Crippen molar-refractivity contribution in [2.45, 2.75) is 32.7 Å². The van der Waals surface area contributed by atoms with E-state index in [1.807, 2.05) is 13.8 Å². The maximum atomic E-state index is 13.6. The van der Waals surface area contributed by atoms with Gasteiger partial charge < -0.3 is 9.32 Å². The van der Waals surface area contributed by atoms with E-state index in [1.54, 1.807) is 23.1 Å². The number of benzene rings is 2. The molecule has 4 rings (SSSR count). The van der Waals surface area contributed by atoms with E-state index < -0.39 is 17.0 Å². The summed E-state index contributed by atoms with van der Waals surface area (Å²) in [7, 11) is 0. The maximum absolute atomic E-state index is 13.6. The molecular weight excluding hydrogens is 398 g/mol. The van der Waals surface area contributed by atoms with Crippen LogP contribution in [0.5, 0.6) is 0 Å². The van der Waals surface area contributed by atoms with Gasteiger partial charge in [0.15, 0.2) is 17.2 Å². The van der Waals surface area contributed by atoms with E-state index in [9.17, 15) is 13.6 Å². The average molecular weight is 419 g/mol. The van der Waals surface area contributed by atoms with Gasteiger partial charge in [-0.05, 0) is 62.1 Å². The summed E-state index contributed by atoms with van der Waals surface area (Å²) < 4.78 is 32.7. The van der Waals surface area contributed by atoms with Crippen molar-refractivity contribution in [3.8, 4) is 11.1 Å². The lowest BCUT2D eigenvalue weighted by molar-refractivity contribution is -0.140. The lowest BCUT2D eigenvalue weighted by atomic mass is 9.94. The van der Waals surface area contributed by atoms with E-state index in [0.29, 0.717) is 34.7 Å². The summed E-state index contributed by atoms with van der Waals surface area (Å²) >= 11 is 5.98. The number of fused-ring (bicyclic) bond motifs is 1. The Kier molecular flexibility index (Phi) is 5.07. The highest BCUT2D eigenvalue weighted by Crippen LogP contribution is 2.37. The van der Waals surface area contributed by atoms with Gasteiger partial charge in [-0.15, -0.1) is 11.6 Å². The summed E-state index contributed by atoms with van der Waals surface area (Å²) in [6.07, 6.45) is 1.64. The van der Waals surface area contributed by atoms with Crippen LogP contribution in [0.4, 0.5) is 8.78 Å². The summed E-state index contributed by atoms with van der Waals surface area (Å²) in [5, 5.41) is 0. The van der Waals surface area contributed by atoms with E-state index in [0.717, 1.165) is 25.0 Å². The van der Waals surface area contributed by atoms with Crippen molar-refractivity contribution in [3.05, 3.63) is 53.9 Å². The molecule has 0 saturated carbocycles. The highest BCUT2D eigenvalue weighted by Gasteiger charge is 2.39. The molecule has 29 heavy (non-hydrogen) atoms. The Morgan fingerprint density at radius 3 is 2.66 bits per heavy atom. The Hall–Kier alpha value is -2.47. The number of carbonyl (C=O) groups is 1. The first-order valence-corrected chi connectivity index (χ1v) is 10.1. The molecule has 7 heteroatoms. The summed E-state index contributed by atoms with van der Waals surface area (Å²) in [5.41, 5.74) is 1.80. The number of hydrogen-bond acceptors (Lipinski definition) is 3. The predicted molar refractivity (Wildman–Crippen MR) is 108 cm³/mol. The Morgan fingerprint density at radius 2 is 1.93 bits per heavy atom. The van der Waals surface area contributed by atoms with Crippen LogP contribution in [0.2, 0.25) is 0 Å². The molecule has 4 nitrogen and oxygen atoms in total. The first-order chi connectivity index (χ1) is 13.8. The van der Waals surface area contributed by atoms with Crippen LogP contribution in [0.15, 0.2) is 40.8 Å². The zero-order chi connectivity index (χ0) is 20.8. The van der Waals surface area contributed by atoms with Crippen LogP contribution in [0.1, 0.15) is 38.6 Å². The van der Waals surface area contributed by atoms with Crippen molar-refractivity contribution in [1.29, 1.82) is 0 Å². The number of oxazole rings is 1. The smallest absolute Gasteiger partial charge is 0.230 e. The number of halogens is 3. The minimum absolute atomic E-state index is 0.0141. The third kappa shape index (κ3) is 3.62. The van der Waals surface area contributed by atoms with Gasteiger partial charge in [0.1, 0.15) is 11.6 Å². The number of hydrogen-bond donors (Lipinski definition) is 0. The fourth-order valence-corrected chi connectivity index (χ4v) is 3.77. The Bertz CT molecular complexity index is 1080. The Labute approximate surface area is 172 Å². The van der Waals surface area contributed by atoms with Crippen molar-refractivity contribution < 1.29 is 18.0 Å². The fraction of sp³-hybridized carbons (Fsp3) is 0.364. The topological polar surface area (TPSA) is 46.3 Å². The van der Waals surface area contributed by atoms with Crippen LogP contribution in [0, 0.1) is 17.0 Å². The number of nitrogens with zero attached hydrogens (tertiary/aromatic N) is 2. The van der Waals surface area contributed by atoms with Crippen LogP contribution >= 0.6 is 11.6 Å². The van der Waals surface area contributed by atoms with Crippen molar-refractivity contribution in [3.63, 3.8) is 0 Å². The van der Waals surface area contributed by atoms with Crippen molar-refractivity contribution >= 4 is 28.6 Å². The molecule has 1 atom stereocenters. The lowest BCUT2D eigenvalue weighted by Gasteiger charge is -2.30. The third-order valence-electron chi connectivity index (χ3n) is 5.37. The average Bonchev–Trinajstić information content (AvgIpc) is 3.35. The van der Waals surface area contributed by atoms with E-state index in [2.05, 4.69) is 4.98 Å². The monoisotopic (exact) mass is 418 g/mol. The Balaban J connectivity index is 1.67. The minimum Gasteiger partial charge on any atom is -0.438 e. The molecule has 1 aliphatic heterocycles. The number of aromatic nitrogens is 1. The number of amides is 1. The summed E-state index contributed by atoms with van der Waals surface area (Å²) in [6, 6.07) is 8.85. The molecule has 0 N–H and O–H groups in total. The molecule has 2 aromatic carbocycles. The zero-order valence-electron chi connectivity index (χ0n) is 16.2. The van der Waals surface area contributed by atoms with Gasteiger partial charge in [0.25, 0.3) is 0 Å². The second kappa shape index (κ2) is 7.41. The number of alkyl halides is 1. The molecule has 2 heterocycles. The van der Waals surface area contributed by atoms with Crippen molar-refractivity contribution in [1.82, 2.24) is 9.88 Å². The SMILES string of the molecule is CC(C)(CCl)C(=O)N1CCCC1c1nc2cc(-c3ccc(F)c(F)c3)ccc2o1. The van der Waals surface area contributed by atoms with Gasteiger partial charge >= 0.3 is 0 Å². The summed E-state index contributed by atoms with van der Waals surface area (Å²) in [5.74, 6) is -1.08. The first kappa shape index (κ1) is 19.8. The molecular formula is C22H21ClF2N2O2. The summed E-state index contributed by atoms with van der Waals surface area (Å²) in [6.45, 7) is 4.30. The Morgan fingerprint density at radius 1 is 1.21 bits per heavy atom. The maximum Gasteiger partial charge on any atom is 0.230 e. The second-order valence-corrected chi connectivity index (χ2v) is 8.30. The predicted octanol–water partition coefficient (Wildman–Crippen LogP) is 5.70. The van der Waals surface area contributed by atoms with E-state index in [1.165, 1.54) is 6.07 Å². The molecule has 0 aliphatic carbocycles. The van der Waals surface area contributed by atoms with Gasteiger partial charge in [0.2, 0.25) is 11.8 Å². The zero-order valence-corrected chi connectivity index (χ0v) is 17.0. The molecule has 1 unspecified atom stereocenters. The lowest BCUT2D eigenvalue weighted by Crippen LogP contribution is -2.41. The van der Waals surface area contributed by atoms with Crippen molar-refractivity contribution in [2.75, 3.05) is 12.4 Å². The fourth-order valence-electron chi connectivity index (χ4n) is 3.66. The number of carbonyl (C=O) groups excluding carboxylic acids is 1. The van der Waals surface area contributed by atoms with E-state index >= 15 is 0 Å². The van der Waals surface area contributed by atoms with Gasteiger partial charge in [-0.3, -0.25) is 4.79 Å². The molecule has 0 radical (unpaired) electrons. The van der Waals surface area contributed by atoms with Gasteiger partial charge in [-0.1, -0.05) is 12.1 Å². The van der Waals surface area contributed by atoms with Crippen molar-refractivity contribution in [2.24, 2.45) is 5.41 Å². The highest BCUT2D eigenvalue weighted by molar-refractivity contribution is 6.19. The van der Waals surface area contributed by atoms with Crippen LogP contribution in [0.3, 0.4) is 0 Å². The molecule has 1 aromatic heterocycles. The molecule has 152 valence electrons. The minimum atomic E-state index is -0.898. The molecule has 3 aromatic rings. The second-order valence-electron chi connectivity index (χ2n) is 8.04. The summed E-state index contributed by atoms with van der Waals surface area (Å²) in [4.78, 5) is 19.3. The van der Waals surface area contributed by atoms with Crippen LogP contribution < -0.4 is 0 Å². The highest BCUT2D eigenvalue weighted by atomic mass is 35.5. The number of rotatable bonds is 4.